The van der Waals surface area contributed by atoms with E-state index in [1.165, 1.54) is 0 Å². The lowest BCUT2D eigenvalue weighted by Gasteiger charge is -2.28. The Kier molecular flexibility index (Phi) is 4.15. The van der Waals surface area contributed by atoms with Gasteiger partial charge in [0.1, 0.15) is 11.7 Å². The van der Waals surface area contributed by atoms with Gasteiger partial charge in [-0.15, -0.1) is 0 Å². The number of benzene rings is 2. The molecular weight excluding hydrogens is 292 g/mol. The van der Waals surface area contributed by atoms with Gasteiger partial charge in [-0.1, -0.05) is 42.5 Å². The van der Waals surface area contributed by atoms with Gasteiger partial charge in [0.15, 0.2) is 5.78 Å². The van der Waals surface area contributed by atoms with E-state index in [4.69, 9.17) is 4.74 Å². The van der Waals surface area contributed by atoms with Crippen LogP contribution in [0.4, 0.5) is 0 Å². The third-order valence-corrected chi connectivity index (χ3v) is 4.21. The minimum atomic E-state index is -0.835. The molecule has 3 rings (SSSR count). The number of aliphatic hydroxyl groups excluding tert-OH is 1. The van der Waals surface area contributed by atoms with Crippen molar-refractivity contribution in [3.05, 3.63) is 59.9 Å². The van der Waals surface area contributed by atoms with Gasteiger partial charge in [0.25, 0.3) is 0 Å². The smallest absolute Gasteiger partial charge is 0.317 e. The number of esters is 1. The third-order valence-electron chi connectivity index (χ3n) is 4.21. The summed E-state index contributed by atoms with van der Waals surface area (Å²) in [4.78, 5) is 24.2. The maximum atomic E-state index is 12.3. The summed E-state index contributed by atoms with van der Waals surface area (Å²) in [7, 11) is 0. The second-order valence-electron chi connectivity index (χ2n) is 5.64. The van der Waals surface area contributed by atoms with Gasteiger partial charge < -0.3 is 9.84 Å². The van der Waals surface area contributed by atoms with Crippen LogP contribution in [-0.2, 0) is 14.3 Å². The molecule has 118 valence electrons. The summed E-state index contributed by atoms with van der Waals surface area (Å²) in [6, 6.07) is 13.6. The molecule has 0 radical (unpaired) electrons. The number of ether oxygens (including phenoxy) is 1. The molecule has 4 heteroatoms. The highest BCUT2D eigenvalue weighted by Crippen LogP contribution is 2.39. The normalized spacial score (nSPS) is 21.1. The molecule has 0 fully saturated rings. The summed E-state index contributed by atoms with van der Waals surface area (Å²) in [6.07, 6.45) is 1.32. The Labute approximate surface area is 134 Å². The molecule has 0 spiro atoms. The van der Waals surface area contributed by atoms with Gasteiger partial charge in [-0.2, -0.15) is 0 Å². The van der Waals surface area contributed by atoms with Gasteiger partial charge in [0.05, 0.1) is 6.61 Å². The summed E-state index contributed by atoms with van der Waals surface area (Å²) in [5.74, 6) is -2.14. The molecule has 2 aromatic rings. The molecule has 0 bridgehead atoms. The number of ketones is 1. The van der Waals surface area contributed by atoms with E-state index in [2.05, 4.69) is 0 Å². The Morgan fingerprint density at radius 3 is 2.74 bits per heavy atom. The van der Waals surface area contributed by atoms with Crippen molar-refractivity contribution >= 4 is 22.5 Å². The third kappa shape index (κ3) is 2.84. The highest BCUT2D eigenvalue weighted by molar-refractivity contribution is 5.96. The van der Waals surface area contributed by atoms with E-state index in [0.717, 1.165) is 22.4 Å². The number of rotatable bonds is 3. The lowest BCUT2D eigenvalue weighted by atomic mass is 9.76. The zero-order chi connectivity index (χ0) is 16.4. The van der Waals surface area contributed by atoms with Gasteiger partial charge in [0, 0.05) is 18.4 Å². The number of carbonyl (C=O) groups is 2. The lowest BCUT2D eigenvalue weighted by molar-refractivity contribution is -0.148. The molecule has 0 saturated carbocycles. The predicted molar refractivity (Wildman–Crippen MR) is 87.1 cm³/mol. The van der Waals surface area contributed by atoms with Crippen LogP contribution < -0.4 is 0 Å². The molecule has 1 N–H and O–H groups in total. The summed E-state index contributed by atoms with van der Waals surface area (Å²) < 4.78 is 5.10. The van der Waals surface area contributed by atoms with Crippen LogP contribution in [0, 0.1) is 5.92 Å². The predicted octanol–water partition coefficient (Wildman–Crippen LogP) is 3.52. The molecule has 0 heterocycles. The maximum Gasteiger partial charge on any atom is 0.317 e. The lowest BCUT2D eigenvalue weighted by Crippen LogP contribution is -2.31. The molecule has 4 nitrogen and oxygen atoms in total. The number of aliphatic hydroxyl groups is 1. The molecule has 2 atom stereocenters. The van der Waals surface area contributed by atoms with Crippen LogP contribution >= 0.6 is 0 Å². The number of fused-ring (bicyclic) bond motifs is 1. The zero-order valence-corrected chi connectivity index (χ0v) is 12.9. The van der Waals surface area contributed by atoms with E-state index in [1.807, 2.05) is 42.5 Å². The van der Waals surface area contributed by atoms with Crippen LogP contribution in [0.5, 0.6) is 0 Å². The molecule has 0 amide bonds. The van der Waals surface area contributed by atoms with Gasteiger partial charge in [-0.05, 0) is 23.3 Å². The monoisotopic (exact) mass is 310 g/mol. The van der Waals surface area contributed by atoms with E-state index in [-0.39, 0.29) is 24.6 Å². The van der Waals surface area contributed by atoms with Gasteiger partial charge in [-0.3, -0.25) is 9.59 Å². The van der Waals surface area contributed by atoms with Gasteiger partial charge >= 0.3 is 5.97 Å². The van der Waals surface area contributed by atoms with Crippen LogP contribution in [0.15, 0.2) is 54.3 Å². The first-order valence-corrected chi connectivity index (χ1v) is 7.69. The number of hydrogen-bond donors (Lipinski definition) is 1. The highest BCUT2D eigenvalue weighted by Gasteiger charge is 2.39. The van der Waals surface area contributed by atoms with E-state index in [1.54, 1.807) is 6.92 Å². The number of hydrogen-bond acceptors (Lipinski definition) is 4. The van der Waals surface area contributed by atoms with E-state index >= 15 is 0 Å². The van der Waals surface area contributed by atoms with Crippen molar-refractivity contribution in [1.82, 2.24) is 0 Å². The minimum Gasteiger partial charge on any atom is -0.511 e. The van der Waals surface area contributed by atoms with Crippen LogP contribution in [0.1, 0.15) is 24.8 Å². The molecule has 0 saturated heterocycles. The van der Waals surface area contributed by atoms with Crippen LogP contribution in [0.2, 0.25) is 0 Å². The molecular formula is C19H18O4. The molecule has 23 heavy (non-hydrogen) atoms. The Balaban J connectivity index is 2.12. The second-order valence-corrected chi connectivity index (χ2v) is 5.64. The quantitative estimate of drug-likeness (QED) is 0.881. The summed E-state index contributed by atoms with van der Waals surface area (Å²) in [5, 5.41) is 12.2. The van der Waals surface area contributed by atoms with Crippen molar-refractivity contribution in [3.8, 4) is 0 Å². The van der Waals surface area contributed by atoms with Crippen molar-refractivity contribution in [2.24, 2.45) is 5.92 Å². The largest absolute Gasteiger partial charge is 0.511 e. The van der Waals surface area contributed by atoms with Gasteiger partial charge in [0.2, 0.25) is 0 Å². The zero-order valence-electron chi connectivity index (χ0n) is 12.9. The highest BCUT2D eigenvalue weighted by atomic mass is 16.5. The molecule has 1 aliphatic carbocycles. The van der Waals surface area contributed by atoms with Crippen molar-refractivity contribution in [2.45, 2.75) is 19.3 Å². The first kappa shape index (κ1) is 15.3. The van der Waals surface area contributed by atoms with Crippen LogP contribution in [0.3, 0.4) is 0 Å². The Bertz CT molecular complexity index is 786. The van der Waals surface area contributed by atoms with E-state index in [9.17, 15) is 14.7 Å². The maximum absolute atomic E-state index is 12.3. The average molecular weight is 310 g/mol. The SMILES string of the molecule is CCOC(=O)C1C(O)=CC(=O)CC1c1cccc2ccccc12. The fourth-order valence-corrected chi connectivity index (χ4v) is 3.23. The second kappa shape index (κ2) is 6.24. The minimum absolute atomic E-state index is 0.180. The fourth-order valence-electron chi connectivity index (χ4n) is 3.23. The van der Waals surface area contributed by atoms with E-state index in [0.29, 0.717) is 0 Å². The van der Waals surface area contributed by atoms with Crippen molar-refractivity contribution in [2.75, 3.05) is 6.61 Å². The molecule has 1 aliphatic rings. The van der Waals surface area contributed by atoms with Crippen LogP contribution in [-0.4, -0.2) is 23.5 Å². The Hall–Kier alpha value is -2.62. The average Bonchev–Trinajstić information content (AvgIpc) is 2.53. The summed E-state index contributed by atoms with van der Waals surface area (Å²) in [5.41, 5.74) is 0.883. The van der Waals surface area contributed by atoms with Crippen LogP contribution in [0.25, 0.3) is 10.8 Å². The topological polar surface area (TPSA) is 63.6 Å². The first-order valence-electron chi connectivity index (χ1n) is 7.69. The number of carbonyl (C=O) groups excluding carboxylic acids is 2. The standard InChI is InChI=1S/C19H18O4/c1-2-23-19(22)18-16(10-13(20)11-17(18)21)15-9-5-7-12-6-3-4-8-14(12)15/h3-9,11,16,18,21H,2,10H2,1H3. The van der Waals surface area contributed by atoms with Crippen molar-refractivity contribution < 1.29 is 19.4 Å². The molecule has 2 aromatic carbocycles. The molecule has 0 aliphatic heterocycles. The van der Waals surface area contributed by atoms with E-state index < -0.39 is 17.8 Å². The summed E-state index contributed by atoms with van der Waals surface area (Å²) in [6.45, 7) is 1.96. The molecule has 2 unspecified atom stereocenters. The van der Waals surface area contributed by atoms with Crippen molar-refractivity contribution in [3.63, 3.8) is 0 Å². The summed E-state index contributed by atoms with van der Waals surface area (Å²) >= 11 is 0. The number of allylic oxidation sites excluding steroid dienone is 1. The van der Waals surface area contributed by atoms with Gasteiger partial charge in [-0.25, -0.2) is 0 Å². The molecule has 0 aromatic heterocycles. The fraction of sp³-hybridized carbons (Fsp3) is 0.263. The first-order chi connectivity index (χ1) is 11.1. The van der Waals surface area contributed by atoms with Crippen molar-refractivity contribution in [1.29, 1.82) is 0 Å². The Morgan fingerprint density at radius 1 is 1.22 bits per heavy atom. The Morgan fingerprint density at radius 2 is 1.96 bits per heavy atom.